The minimum atomic E-state index is -0.297. The van der Waals surface area contributed by atoms with Crippen LogP contribution in [0.2, 0.25) is 0 Å². The van der Waals surface area contributed by atoms with Gasteiger partial charge in [-0.2, -0.15) is 0 Å². The van der Waals surface area contributed by atoms with E-state index in [2.05, 4.69) is 22.5 Å². The van der Waals surface area contributed by atoms with Crippen LogP contribution in [0.5, 0.6) is 5.75 Å². The number of benzene rings is 3. The lowest BCUT2D eigenvalue weighted by atomic mass is 10.0. The van der Waals surface area contributed by atoms with Crippen LogP contribution in [0.15, 0.2) is 84.9 Å². The zero-order valence-electron chi connectivity index (χ0n) is 18.6. The summed E-state index contributed by atoms with van der Waals surface area (Å²) >= 11 is 0. The lowest BCUT2D eigenvalue weighted by molar-refractivity contribution is 0.0666. The predicted molar refractivity (Wildman–Crippen MR) is 129 cm³/mol. The van der Waals surface area contributed by atoms with Crippen molar-refractivity contribution in [3.63, 3.8) is 0 Å². The molecule has 172 valence electrons. The van der Waals surface area contributed by atoms with Crippen molar-refractivity contribution in [3.8, 4) is 17.6 Å². The molecular formula is C28H26N2O4. The highest BCUT2D eigenvalue weighted by molar-refractivity contribution is 5.89. The van der Waals surface area contributed by atoms with Crippen LogP contribution in [-0.4, -0.2) is 37.5 Å². The summed E-state index contributed by atoms with van der Waals surface area (Å²) in [6.45, 7) is 1.40. The lowest BCUT2D eigenvalue weighted by Gasteiger charge is -2.18. The quantitative estimate of drug-likeness (QED) is 0.567. The van der Waals surface area contributed by atoms with Gasteiger partial charge in [0.2, 0.25) is 0 Å². The number of urea groups is 1. The van der Waals surface area contributed by atoms with Crippen molar-refractivity contribution in [2.75, 3.05) is 18.5 Å². The molecular weight excluding hydrogens is 428 g/mol. The number of fused-ring (bicyclic) bond motifs is 1. The Labute approximate surface area is 199 Å². The van der Waals surface area contributed by atoms with E-state index < -0.39 is 0 Å². The molecule has 6 nitrogen and oxygen atoms in total. The van der Waals surface area contributed by atoms with Gasteiger partial charge in [-0.1, -0.05) is 60.4 Å². The maximum absolute atomic E-state index is 12.6. The standard InChI is InChI=1S/C28H26N2O4/c31-28(29-23-13-15-24(16-14-23)32-17-21-9-5-2-6-10-21)30-25-19-34-26-22(18-33-27(25)26)12-11-20-7-3-1-4-8-20/h1-10,13-16,22,25-27H,17-19H2,(H2,29,30,31)/t22-,25+,26+,27-/m1/s1. The number of carbonyl (C=O) groups is 1. The van der Waals surface area contributed by atoms with Gasteiger partial charge in [0, 0.05) is 11.3 Å². The van der Waals surface area contributed by atoms with Gasteiger partial charge in [-0.05, 0) is 42.0 Å². The zero-order valence-corrected chi connectivity index (χ0v) is 18.6. The Morgan fingerprint density at radius 1 is 0.882 bits per heavy atom. The highest BCUT2D eigenvalue weighted by Gasteiger charge is 2.47. The predicted octanol–water partition coefficient (Wildman–Crippen LogP) is 4.22. The number of anilines is 1. The van der Waals surface area contributed by atoms with E-state index in [-0.39, 0.29) is 30.2 Å². The molecule has 34 heavy (non-hydrogen) atoms. The van der Waals surface area contributed by atoms with E-state index in [0.717, 1.165) is 16.9 Å². The number of carbonyl (C=O) groups excluding carboxylic acids is 1. The molecule has 0 saturated carbocycles. The molecule has 0 radical (unpaired) electrons. The molecule has 2 N–H and O–H groups in total. The van der Waals surface area contributed by atoms with Crippen LogP contribution in [-0.2, 0) is 16.1 Å². The third-order valence-corrected chi connectivity index (χ3v) is 5.91. The van der Waals surface area contributed by atoms with Gasteiger partial charge in [-0.25, -0.2) is 4.79 Å². The molecule has 6 heteroatoms. The fraction of sp³-hybridized carbons (Fsp3) is 0.250. The summed E-state index contributed by atoms with van der Waals surface area (Å²) in [5, 5.41) is 5.84. The number of hydrogen-bond donors (Lipinski definition) is 2. The number of nitrogens with one attached hydrogen (secondary N) is 2. The van der Waals surface area contributed by atoms with E-state index in [1.54, 1.807) is 0 Å². The zero-order chi connectivity index (χ0) is 23.2. The van der Waals surface area contributed by atoms with Crippen LogP contribution >= 0.6 is 0 Å². The fourth-order valence-electron chi connectivity index (χ4n) is 4.16. The Kier molecular flexibility index (Phi) is 6.76. The van der Waals surface area contributed by atoms with Crippen molar-refractivity contribution < 1.29 is 19.0 Å². The minimum Gasteiger partial charge on any atom is -0.489 e. The van der Waals surface area contributed by atoms with Gasteiger partial charge in [0.15, 0.2) is 0 Å². The summed E-state index contributed by atoms with van der Waals surface area (Å²) in [6.07, 6.45) is -0.336. The highest BCUT2D eigenvalue weighted by atomic mass is 16.6. The molecule has 3 aromatic carbocycles. The first-order valence-corrected chi connectivity index (χ1v) is 11.4. The second-order valence-corrected chi connectivity index (χ2v) is 8.34. The van der Waals surface area contributed by atoms with Crippen molar-refractivity contribution in [1.29, 1.82) is 0 Å². The number of amides is 2. The molecule has 2 aliphatic rings. The van der Waals surface area contributed by atoms with Crippen LogP contribution < -0.4 is 15.4 Å². The summed E-state index contributed by atoms with van der Waals surface area (Å²) in [5.41, 5.74) is 2.75. The van der Waals surface area contributed by atoms with Crippen molar-refractivity contribution in [3.05, 3.63) is 96.1 Å². The van der Waals surface area contributed by atoms with E-state index in [1.165, 1.54) is 0 Å². The third-order valence-electron chi connectivity index (χ3n) is 5.91. The first kappa shape index (κ1) is 22.0. The van der Waals surface area contributed by atoms with E-state index in [0.29, 0.717) is 25.5 Å². The Balaban J connectivity index is 1.10. The molecule has 2 heterocycles. The Bertz CT molecular complexity index is 1160. The topological polar surface area (TPSA) is 68.8 Å². The molecule has 2 amide bonds. The second-order valence-electron chi connectivity index (χ2n) is 8.34. The molecule has 0 unspecified atom stereocenters. The van der Waals surface area contributed by atoms with Gasteiger partial charge >= 0.3 is 6.03 Å². The lowest BCUT2D eigenvalue weighted by Crippen LogP contribution is -2.45. The Morgan fingerprint density at radius 2 is 1.59 bits per heavy atom. The molecule has 0 aromatic heterocycles. The summed E-state index contributed by atoms with van der Waals surface area (Å²) in [4.78, 5) is 12.6. The van der Waals surface area contributed by atoms with E-state index in [9.17, 15) is 4.79 Å². The van der Waals surface area contributed by atoms with Gasteiger partial charge in [-0.3, -0.25) is 0 Å². The number of hydrogen-bond acceptors (Lipinski definition) is 4. The maximum atomic E-state index is 12.6. The molecule has 3 aromatic rings. The molecule has 2 aliphatic heterocycles. The third kappa shape index (κ3) is 5.40. The summed E-state index contributed by atoms with van der Waals surface area (Å²) in [7, 11) is 0. The fourth-order valence-corrected chi connectivity index (χ4v) is 4.16. The van der Waals surface area contributed by atoms with Crippen LogP contribution in [0.25, 0.3) is 0 Å². The van der Waals surface area contributed by atoms with Crippen LogP contribution in [0, 0.1) is 17.8 Å². The molecule has 0 spiro atoms. The molecule has 5 rings (SSSR count). The molecule has 4 atom stereocenters. The average Bonchev–Trinajstić information content (AvgIpc) is 3.46. The Morgan fingerprint density at radius 3 is 2.35 bits per heavy atom. The average molecular weight is 455 g/mol. The summed E-state index contributed by atoms with van der Waals surface area (Å²) in [6, 6.07) is 26.6. The molecule has 2 fully saturated rings. The van der Waals surface area contributed by atoms with Crippen molar-refractivity contribution in [2.24, 2.45) is 5.92 Å². The smallest absolute Gasteiger partial charge is 0.319 e. The van der Waals surface area contributed by atoms with Crippen molar-refractivity contribution in [1.82, 2.24) is 5.32 Å². The largest absolute Gasteiger partial charge is 0.489 e. The van der Waals surface area contributed by atoms with Gasteiger partial charge in [0.1, 0.15) is 24.6 Å². The highest BCUT2D eigenvalue weighted by Crippen LogP contribution is 2.31. The summed E-state index contributed by atoms with van der Waals surface area (Å²) < 4.78 is 17.7. The van der Waals surface area contributed by atoms with Crippen molar-refractivity contribution >= 4 is 11.7 Å². The van der Waals surface area contributed by atoms with Gasteiger partial charge in [0.25, 0.3) is 0 Å². The first-order chi connectivity index (χ1) is 16.7. The van der Waals surface area contributed by atoms with E-state index in [1.807, 2.05) is 84.9 Å². The van der Waals surface area contributed by atoms with Gasteiger partial charge in [-0.15, -0.1) is 0 Å². The van der Waals surface area contributed by atoms with Gasteiger partial charge in [0.05, 0.1) is 25.2 Å². The molecule has 0 bridgehead atoms. The molecule has 2 saturated heterocycles. The number of ether oxygens (including phenoxy) is 3. The SMILES string of the molecule is O=C(Nc1ccc(OCc2ccccc2)cc1)N[C@H]1CO[C@@H]2[C@@H]1OC[C@H]2C#Cc1ccccc1. The van der Waals surface area contributed by atoms with E-state index >= 15 is 0 Å². The monoisotopic (exact) mass is 454 g/mol. The van der Waals surface area contributed by atoms with Crippen LogP contribution in [0.4, 0.5) is 10.5 Å². The maximum Gasteiger partial charge on any atom is 0.319 e. The molecule has 0 aliphatic carbocycles. The van der Waals surface area contributed by atoms with Crippen LogP contribution in [0.1, 0.15) is 11.1 Å². The van der Waals surface area contributed by atoms with Gasteiger partial charge < -0.3 is 24.8 Å². The van der Waals surface area contributed by atoms with E-state index in [4.69, 9.17) is 14.2 Å². The normalized spacial score (nSPS) is 22.8. The first-order valence-electron chi connectivity index (χ1n) is 11.4. The number of rotatable bonds is 5. The van der Waals surface area contributed by atoms with Crippen LogP contribution in [0.3, 0.4) is 0 Å². The Hall–Kier alpha value is -3.79. The summed E-state index contributed by atoms with van der Waals surface area (Å²) in [5.74, 6) is 7.19. The minimum absolute atomic E-state index is 0.0107. The van der Waals surface area contributed by atoms with Crippen molar-refractivity contribution in [2.45, 2.75) is 24.9 Å². The second kappa shape index (κ2) is 10.4.